The minimum atomic E-state index is -0.509. The zero-order valence-electron chi connectivity index (χ0n) is 18.3. The first kappa shape index (κ1) is 23.7. The summed E-state index contributed by atoms with van der Waals surface area (Å²) in [4.78, 5) is 27.8. The number of thioether (sulfide) groups is 1. The number of rotatable bonds is 9. The largest absolute Gasteiger partial charge is 0.352 e. The van der Waals surface area contributed by atoms with E-state index in [4.69, 9.17) is 11.6 Å². The predicted molar refractivity (Wildman–Crippen MR) is 129 cm³/mol. The number of nitrogens with one attached hydrogen (secondary N) is 1. The predicted octanol–water partition coefficient (Wildman–Crippen LogP) is 5.36. The summed E-state index contributed by atoms with van der Waals surface area (Å²) >= 11 is 7.50. The molecule has 0 radical (unpaired) electrons. The molecular weight excluding hydrogens is 428 g/mol. The van der Waals surface area contributed by atoms with Crippen molar-refractivity contribution in [2.75, 3.05) is 5.75 Å². The fourth-order valence-electron chi connectivity index (χ4n) is 3.78. The number of carbonyl (C=O) groups is 2. The molecule has 1 aliphatic rings. The third-order valence-electron chi connectivity index (χ3n) is 5.75. The van der Waals surface area contributed by atoms with E-state index in [2.05, 4.69) is 5.32 Å². The SMILES string of the molecule is Cc1ccc(CN(C(=O)CSCc2ccc(Cl)cc2)C(C)C(=O)NC2CCCC2)cc1. The summed E-state index contributed by atoms with van der Waals surface area (Å²) in [5.74, 6) is 0.975. The molecule has 166 valence electrons. The molecule has 1 saturated carbocycles. The van der Waals surface area contributed by atoms with Crippen molar-refractivity contribution in [3.05, 3.63) is 70.2 Å². The number of carbonyl (C=O) groups excluding carboxylic acids is 2. The summed E-state index contributed by atoms with van der Waals surface area (Å²) in [6.45, 7) is 4.30. The molecular formula is C25H31ClN2O2S. The lowest BCUT2D eigenvalue weighted by Crippen LogP contribution is -2.50. The summed E-state index contributed by atoms with van der Waals surface area (Å²) in [6.07, 6.45) is 4.38. The van der Waals surface area contributed by atoms with Gasteiger partial charge in [0.25, 0.3) is 0 Å². The molecule has 2 aromatic rings. The first-order valence-corrected chi connectivity index (χ1v) is 12.4. The van der Waals surface area contributed by atoms with Crippen LogP contribution in [0.3, 0.4) is 0 Å². The third kappa shape index (κ3) is 7.29. The number of nitrogens with zero attached hydrogens (tertiary/aromatic N) is 1. The number of aryl methyl sites for hydroxylation is 1. The molecule has 3 rings (SSSR count). The Kier molecular flexibility index (Phi) is 8.85. The Hall–Kier alpha value is -1.98. The molecule has 1 unspecified atom stereocenters. The summed E-state index contributed by atoms with van der Waals surface area (Å²) in [7, 11) is 0. The minimum Gasteiger partial charge on any atom is -0.352 e. The molecule has 0 spiro atoms. The van der Waals surface area contributed by atoms with Crippen LogP contribution in [-0.4, -0.2) is 34.6 Å². The Labute approximate surface area is 194 Å². The van der Waals surface area contributed by atoms with Crippen LogP contribution in [0, 0.1) is 6.92 Å². The second kappa shape index (κ2) is 11.6. The number of amides is 2. The van der Waals surface area contributed by atoms with Crippen LogP contribution in [0.2, 0.25) is 5.02 Å². The number of hydrogen-bond acceptors (Lipinski definition) is 3. The van der Waals surface area contributed by atoms with Gasteiger partial charge in [0.2, 0.25) is 11.8 Å². The van der Waals surface area contributed by atoms with E-state index in [0.29, 0.717) is 17.3 Å². The number of benzene rings is 2. The highest BCUT2D eigenvalue weighted by Crippen LogP contribution is 2.20. The highest BCUT2D eigenvalue weighted by Gasteiger charge is 2.28. The van der Waals surface area contributed by atoms with Crippen LogP contribution in [0.15, 0.2) is 48.5 Å². The molecule has 1 fully saturated rings. The molecule has 0 aromatic heterocycles. The van der Waals surface area contributed by atoms with Gasteiger partial charge in [-0.15, -0.1) is 11.8 Å². The van der Waals surface area contributed by atoms with Crippen molar-refractivity contribution in [2.24, 2.45) is 0 Å². The van der Waals surface area contributed by atoms with E-state index >= 15 is 0 Å². The van der Waals surface area contributed by atoms with Gasteiger partial charge in [0.1, 0.15) is 6.04 Å². The van der Waals surface area contributed by atoms with Gasteiger partial charge in [-0.1, -0.05) is 66.4 Å². The highest BCUT2D eigenvalue weighted by atomic mass is 35.5. The highest BCUT2D eigenvalue weighted by molar-refractivity contribution is 7.99. The molecule has 31 heavy (non-hydrogen) atoms. The molecule has 2 aromatic carbocycles. The molecule has 6 heteroatoms. The van der Waals surface area contributed by atoms with E-state index in [-0.39, 0.29) is 17.9 Å². The number of hydrogen-bond donors (Lipinski definition) is 1. The van der Waals surface area contributed by atoms with Crippen molar-refractivity contribution < 1.29 is 9.59 Å². The zero-order valence-corrected chi connectivity index (χ0v) is 19.8. The van der Waals surface area contributed by atoms with Crippen LogP contribution >= 0.6 is 23.4 Å². The van der Waals surface area contributed by atoms with Gasteiger partial charge < -0.3 is 10.2 Å². The second-order valence-corrected chi connectivity index (χ2v) is 9.71. The lowest BCUT2D eigenvalue weighted by atomic mass is 10.1. The Morgan fingerprint density at radius 2 is 1.68 bits per heavy atom. The van der Waals surface area contributed by atoms with Crippen molar-refractivity contribution in [3.8, 4) is 0 Å². The summed E-state index contributed by atoms with van der Waals surface area (Å²) in [6, 6.07) is 15.5. The van der Waals surface area contributed by atoms with Gasteiger partial charge in [-0.05, 0) is 49.9 Å². The molecule has 0 bridgehead atoms. The van der Waals surface area contributed by atoms with Crippen molar-refractivity contribution in [1.82, 2.24) is 10.2 Å². The minimum absolute atomic E-state index is 0.0198. The van der Waals surface area contributed by atoms with Gasteiger partial charge in [-0.25, -0.2) is 0 Å². The van der Waals surface area contributed by atoms with Crippen molar-refractivity contribution >= 4 is 35.2 Å². The standard InChI is InChI=1S/C25H31ClN2O2S/c1-18-7-9-20(10-8-18)15-28(19(2)25(30)27-23-5-3-4-6-23)24(29)17-31-16-21-11-13-22(26)14-12-21/h7-14,19,23H,3-6,15-17H2,1-2H3,(H,27,30). The van der Waals surface area contributed by atoms with Gasteiger partial charge in [-0.2, -0.15) is 0 Å². The lowest BCUT2D eigenvalue weighted by molar-refractivity contribution is -0.138. The van der Waals surface area contributed by atoms with E-state index in [0.717, 1.165) is 42.6 Å². The van der Waals surface area contributed by atoms with E-state index < -0.39 is 6.04 Å². The van der Waals surface area contributed by atoms with Gasteiger partial charge in [0, 0.05) is 23.4 Å². The number of halogens is 1. The molecule has 0 heterocycles. The molecule has 4 nitrogen and oxygen atoms in total. The zero-order chi connectivity index (χ0) is 22.2. The van der Waals surface area contributed by atoms with Gasteiger partial charge in [-0.3, -0.25) is 9.59 Å². The quantitative estimate of drug-likeness (QED) is 0.550. The smallest absolute Gasteiger partial charge is 0.242 e. The molecule has 0 saturated heterocycles. The van der Waals surface area contributed by atoms with E-state index in [1.54, 1.807) is 16.7 Å². The van der Waals surface area contributed by atoms with Gasteiger partial charge in [0.05, 0.1) is 5.75 Å². The monoisotopic (exact) mass is 458 g/mol. The average Bonchev–Trinajstić information content (AvgIpc) is 3.27. The normalized spacial score (nSPS) is 14.9. The van der Waals surface area contributed by atoms with E-state index in [1.807, 2.05) is 62.4 Å². The Bertz CT molecular complexity index is 864. The lowest BCUT2D eigenvalue weighted by Gasteiger charge is -2.29. The topological polar surface area (TPSA) is 49.4 Å². The van der Waals surface area contributed by atoms with E-state index in [1.165, 1.54) is 5.56 Å². The first-order chi connectivity index (χ1) is 14.9. The van der Waals surface area contributed by atoms with Gasteiger partial charge in [0.15, 0.2) is 0 Å². The van der Waals surface area contributed by atoms with Crippen LogP contribution in [0.5, 0.6) is 0 Å². The average molecular weight is 459 g/mol. The van der Waals surface area contributed by atoms with Crippen molar-refractivity contribution in [1.29, 1.82) is 0 Å². The molecule has 1 N–H and O–H groups in total. The Morgan fingerprint density at radius 1 is 1.06 bits per heavy atom. The third-order valence-corrected chi connectivity index (χ3v) is 6.99. The fraction of sp³-hybridized carbons (Fsp3) is 0.440. The van der Waals surface area contributed by atoms with Crippen LogP contribution < -0.4 is 5.32 Å². The van der Waals surface area contributed by atoms with Crippen molar-refractivity contribution in [2.45, 2.75) is 63.9 Å². The van der Waals surface area contributed by atoms with Crippen molar-refractivity contribution in [3.63, 3.8) is 0 Å². The van der Waals surface area contributed by atoms with Crippen LogP contribution in [-0.2, 0) is 21.9 Å². The Balaban J connectivity index is 1.64. The first-order valence-electron chi connectivity index (χ1n) is 10.9. The van der Waals surface area contributed by atoms with Gasteiger partial charge >= 0.3 is 0 Å². The maximum absolute atomic E-state index is 13.1. The summed E-state index contributed by atoms with van der Waals surface area (Å²) in [5, 5.41) is 3.85. The van der Waals surface area contributed by atoms with Crippen LogP contribution in [0.4, 0.5) is 0 Å². The van der Waals surface area contributed by atoms with Crippen LogP contribution in [0.25, 0.3) is 0 Å². The molecule has 0 aliphatic heterocycles. The maximum Gasteiger partial charge on any atom is 0.242 e. The fourth-order valence-corrected chi connectivity index (χ4v) is 4.78. The maximum atomic E-state index is 13.1. The van der Waals surface area contributed by atoms with E-state index in [9.17, 15) is 9.59 Å². The molecule has 2 amide bonds. The molecule has 1 aliphatic carbocycles. The summed E-state index contributed by atoms with van der Waals surface area (Å²) < 4.78 is 0. The molecule has 1 atom stereocenters. The van der Waals surface area contributed by atoms with Crippen LogP contribution in [0.1, 0.15) is 49.3 Å². The Morgan fingerprint density at radius 3 is 2.32 bits per heavy atom. The second-order valence-electron chi connectivity index (χ2n) is 8.29. The summed E-state index contributed by atoms with van der Waals surface area (Å²) in [5.41, 5.74) is 3.33.